The lowest BCUT2D eigenvalue weighted by Gasteiger charge is -2.35. The smallest absolute Gasteiger partial charge is 0.113 e. The van der Waals surface area contributed by atoms with Crippen LogP contribution in [0.25, 0.3) is 0 Å². The van der Waals surface area contributed by atoms with Gasteiger partial charge in [0, 0.05) is 0 Å². The van der Waals surface area contributed by atoms with Crippen LogP contribution >= 0.6 is 0 Å². The van der Waals surface area contributed by atoms with Gasteiger partial charge in [0.2, 0.25) is 0 Å². The van der Waals surface area contributed by atoms with Gasteiger partial charge in [-0.25, -0.2) is 4.39 Å². The average molecular weight is 481 g/mol. The van der Waals surface area contributed by atoms with Gasteiger partial charge in [-0.05, 0) is 31.6 Å². The molecule has 1 fully saturated rings. The van der Waals surface area contributed by atoms with Crippen molar-refractivity contribution in [2.24, 2.45) is 5.92 Å². The van der Waals surface area contributed by atoms with E-state index in [0.717, 1.165) is 38.5 Å². The zero-order valence-electron chi connectivity index (χ0n) is 24.0. The molecule has 0 N–H and O–H groups in total. The third kappa shape index (κ3) is 17.4. The molecule has 0 spiro atoms. The Morgan fingerprint density at radius 2 is 0.912 bits per heavy atom. The fourth-order valence-electron chi connectivity index (χ4n) is 6.32. The van der Waals surface area contributed by atoms with E-state index in [2.05, 4.69) is 13.8 Å². The first-order chi connectivity index (χ1) is 16.7. The van der Waals surface area contributed by atoms with Crippen LogP contribution < -0.4 is 0 Å². The van der Waals surface area contributed by atoms with Crippen molar-refractivity contribution >= 4 is 0 Å². The zero-order valence-corrected chi connectivity index (χ0v) is 24.0. The molecular weight excluding hydrogens is 415 g/mol. The van der Waals surface area contributed by atoms with E-state index in [0.29, 0.717) is 5.92 Å². The maximum absolute atomic E-state index is 16.6. The van der Waals surface area contributed by atoms with Crippen molar-refractivity contribution in [2.45, 2.75) is 206 Å². The van der Waals surface area contributed by atoms with Crippen LogP contribution in [0, 0.1) is 5.92 Å². The Morgan fingerprint density at radius 1 is 0.500 bits per heavy atom. The molecule has 0 aliphatic heterocycles. The molecule has 0 aromatic heterocycles. The van der Waals surface area contributed by atoms with E-state index in [-0.39, 0.29) is 0 Å². The lowest BCUT2D eigenvalue weighted by molar-refractivity contribution is 0.0410. The quantitative estimate of drug-likeness (QED) is 0.171. The minimum Gasteiger partial charge on any atom is -0.244 e. The highest BCUT2D eigenvalue weighted by Gasteiger charge is 2.37. The highest BCUT2D eigenvalue weighted by Crippen LogP contribution is 2.40. The van der Waals surface area contributed by atoms with Crippen molar-refractivity contribution < 1.29 is 4.39 Å². The van der Waals surface area contributed by atoms with E-state index in [4.69, 9.17) is 0 Å². The first-order valence-electron chi connectivity index (χ1n) is 16.4. The summed E-state index contributed by atoms with van der Waals surface area (Å²) in [5, 5.41) is 0. The Labute approximate surface area is 216 Å². The van der Waals surface area contributed by atoms with Crippen LogP contribution in [-0.2, 0) is 0 Å². The maximum Gasteiger partial charge on any atom is 0.113 e. The van der Waals surface area contributed by atoms with Gasteiger partial charge in [0.05, 0.1) is 0 Å². The minimum absolute atomic E-state index is 0.331. The molecule has 1 rings (SSSR count). The summed E-state index contributed by atoms with van der Waals surface area (Å²) in [4.78, 5) is 0. The molecule has 0 nitrogen and oxygen atoms in total. The van der Waals surface area contributed by atoms with Crippen molar-refractivity contribution in [3.8, 4) is 0 Å². The Morgan fingerprint density at radius 3 is 1.44 bits per heavy atom. The molecule has 1 saturated carbocycles. The molecular formula is C33H65F. The molecule has 0 amide bonds. The van der Waals surface area contributed by atoms with Gasteiger partial charge in [-0.3, -0.25) is 0 Å². The first kappa shape index (κ1) is 32.0. The predicted molar refractivity (Wildman–Crippen MR) is 153 cm³/mol. The highest BCUT2D eigenvalue weighted by atomic mass is 19.1. The molecule has 1 aliphatic rings. The number of halogens is 1. The van der Waals surface area contributed by atoms with Crippen molar-refractivity contribution in [2.75, 3.05) is 0 Å². The SMILES string of the molecule is CCCCCCCCCCCCCCCC1(F)CCCCCCCCCCCC1CCCCC. The number of unbranched alkanes of at least 4 members (excludes halogenated alkanes) is 14. The molecule has 0 heterocycles. The molecule has 0 bridgehead atoms. The van der Waals surface area contributed by atoms with Gasteiger partial charge >= 0.3 is 0 Å². The van der Waals surface area contributed by atoms with E-state index in [9.17, 15) is 0 Å². The second-order valence-corrected chi connectivity index (χ2v) is 11.9. The number of alkyl halides is 1. The molecule has 0 aromatic carbocycles. The Kier molecular flexibility index (Phi) is 21.9. The van der Waals surface area contributed by atoms with Gasteiger partial charge in [0.15, 0.2) is 0 Å². The summed E-state index contributed by atoms with van der Waals surface area (Å²) in [6.45, 7) is 4.57. The van der Waals surface area contributed by atoms with Crippen LogP contribution in [0.15, 0.2) is 0 Å². The third-order valence-electron chi connectivity index (χ3n) is 8.73. The van der Waals surface area contributed by atoms with E-state index < -0.39 is 5.67 Å². The average Bonchev–Trinajstić information content (AvgIpc) is 2.85. The summed E-state index contributed by atoms with van der Waals surface area (Å²) in [5.74, 6) is 0.331. The Bertz CT molecular complexity index is 405. The molecule has 34 heavy (non-hydrogen) atoms. The maximum atomic E-state index is 16.6. The number of rotatable bonds is 18. The zero-order chi connectivity index (χ0) is 24.6. The summed E-state index contributed by atoms with van der Waals surface area (Å²) in [7, 11) is 0. The second-order valence-electron chi connectivity index (χ2n) is 11.9. The van der Waals surface area contributed by atoms with Crippen molar-refractivity contribution in [3.05, 3.63) is 0 Å². The topological polar surface area (TPSA) is 0 Å². The van der Waals surface area contributed by atoms with Crippen LogP contribution in [0.5, 0.6) is 0 Å². The van der Waals surface area contributed by atoms with Crippen molar-refractivity contribution in [1.29, 1.82) is 0 Å². The standard InChI is InChI=1S/C33H65F/c1-3-5-7-8-9-10-11-12-13-16-19-22-26-30-33(34)31-27-23-20-17-14-15-18-21-25-29-32(33)28-24-6-4-2/h32H,3-31H2,1-2H3. The van der Waals surface area contributed by atoms with Gasteiger partial charge in [0.25, 0.3) is 0 Å². The largest absolute Gasteiger partial charge is 0.244 e. The lowest BCUT2D eigenvalue weighted by Crippen LogP contribution is -2.33. The summed E-state index contributed by atoms with van der Waals surface area (Å²) in [6.07, 6.45) is 37.5. The van der Waals surface area contributed by atoms with Crippen LogP contribution in [-0.4, -0.2) is 5.67 Å². The van der Waals surface area contributed by atoms with Crippen LogP contribution in [0.1, 0.15) is 200 Å². The molecule has 1 aliphatic carbocycles. The number of hydrogen-bond donors (Lipinski definition) is 0. The van der Waals surface area contributed by atoms with Gasteiger partial charge in [-0.1, -0.05) is 174 Å². The lowest BCUT2D eigenvalue weighted by atomic mass is 9.75. The highest BCUT2D eigenvalue weighted by molar-refractivity contribution is 4.87. The summed E-state index contributed by atoms with van der Waals surface area (Å²) in [6, 6.07) is 0. The van der Waals surface area contributed by atoms with Crippen LogP contribution in [0.2, 0.25) is 0 Å². The minimum atomic E-state index is -0.875. The monoisotopic (exact) mass is 481 g/mol. The number of hydrogen-bond acceptors (Lipinski definition) is 0. The molecule has 2 unspecified atom stereocenters. The molecule has 204 valence electrons. The second kappa shape index (κ2) is 23.3. The van der Waals surface area contributed by atoms with Gasteiger partial charge in [-0.2, -0.15) is 0 Å². The van der Waals surface area contributed by atoms with Crippen molar-refractivity contribution in [1.82, 2.24) is 0 Å². The van der Waals surface area contributed by atoms with Gasteiger partial charge in [-0.15, -0.1) is 0 Å². The summed E-state index contributed by atoms with van der Waals surface area (Å²) in [5.41, 5.74) is -0.875. The van der Waals surface area contributed by atoms with Crippen LogP contribution in [0.4, 0.5) is 4.39 Å². The van der Waals surface area contributed by atoms with E-state index in [1.165, 1.54) is 148 Å². The van der Waals surface area contributed by atoms with E-state index >= 15 is 4.39 Å². The molecule has 2 atom stereocenters. The van der Waals surface area contributed by atoms with Gasteiger partial charge in [0.1, 0.15) is 5.67 Å². The fourth-order valence-corrected chi connectivity index (χ4v) is 6.32. The fraction of sp³-hybridized carbons (Fsp3) is 1.00. The summed E-state index contributed by atoms with van der Waals surface area (Å²) >= 11 is 0. The summed E-state index contributed by atoms with van der Waals surface area (Å²) < 4.78 is 16.6. The van der Waals surface area contributed by atoms with Crippen molar-refractivity contribution in [3.63, 3.8) is 0 Å². The molecule has 0 radical (unpaired) electrons. The Hall–Kier alpha value is -0.0700. The molecule has 0 saturated heterocycles. The Balaban J connectivity index is 2.32. The molecule has 0 aromatic rings. The predicted octanol–water partition coefficient (Wildman–Crippen LogP) is 12.7. The van der Waals surface area contributed by atoms with Crippen LogP contribution in [0.3, 0.4) is 0 Å². The third-order valence-corrected chi connectivity index (χ3v) is 8.73. The molecule has 1 heteroatoms. The first-order valence-corrected chi connectivity index (χ1v) is 16.4. The normalized spacial score (nSPS) is 23.2. The van der Waals surface area contributed by atoms with E-state index in [1.807, 2.05) is 0 Å². The van der Waals surface area contributed by atoms with E-state index in [1.54, 1.807) is 0 Å². The van der Waals surface area contributed by atoms with Gasteiger partial charge < -0.3 is 0 Å².